The third-order valence-corrected chi connectivity index (χ3v) is 2.71. The Labute approximate surface area is 94.8 Å². The molecule has 0 unspecified atom stereocenters. The zero-order chi connectivity index (χ0) is 11.4. The van der Waals surface area contributed by atoms with Crippen LogP contribution in [0.15, 0.2) is 4.79 Å². The van der Waals surface area contributed by atoms with Crippen LogP contribution < -0.4 is 21.4 Å². The number of nitrogens with one attached hydrogen (secondary N) is 1. The molecule has 5 heteroatoms. The Bertz CT molecular complexity index is 395. The van der Waals surface area contributed by atoms with Gasteiger partial charge < -0.3 is 16.0 Å². The maximum Gasteiger partial charge on any atom is 0.224 e. The van der Waals surface area contributed by atoms with Crippen LogP contribution in [0.3, 0.4) is 0 Å². The zero-order valence-electron chi connectivity index (χ0n) is 9.17. The number of hydrogen-bond acceptors (Lipinski definition) is 5. The molecule has 0 aliphatic heterocycles. The van der Waals surface area contributed by atoms with Crippen LogP contribution in [-0.2, 0) is 0 Å². The van der Waals surface area contributed by atoms with Gasteiger partial charge in [0.25, 0.3) is 0 Å². The van der Waals surface area contributed by atoms with Gasteiger partial charge in [0.05, 0.1) is 5.69 Å². The van der Waals surface area contributed by atoms with Crippen LogP contribution in [0.25, 0.3) is 0 Å². The van der Waals surface area contributed by atoms with Crippen LogP contribution >= 0.6 is 12.2 Å². The monoisotopic (exact) mass is 227 g/mol. The van der Waals surface area contributed by atoms with Gasteiger partial charge in [0.1, 0.15) is 10.2 Å². The lowest BCUT2D eigenvalue weighted by atomic mass is 10.2. The molecule has 0 bridgehead atoms. The van der Waals surface area contributed by atoms with Gasteiger partial charge in [0.15, 0.2) is 0 Å². The van der Waals surface area contributed by atoms with Crippen LogP contribution in [0.2, 0.25) is 0 Å². The Morgan fingerprint density at radius 2 is 2.20 bits per heavy atom. The standard InChI is InChI=1S/C10H17N3OS/c1-3-12-7-8(9(14)10(7)15)13(2)6-4-5-11/h12H,3-6,11H2,1-2H3. The fourth-order valence-corrected chi connectivity index (χ4v) is 1.79. The van der Waals surface area contributed by atoms with E-state index in [1.165, 1.54) is 0 Å². The molecule has 0 aliphatic rings. The Morgan fingerprint density at radius 3 is 2.73 bits per heavy atom. The van der Waals surface area contributed by atoms with Crippen molar-refractivity contribution in [2.24, 2.45) is 5.73 Å². The van der Waals surface area contributed by atoms with E-state index in [-0.39, 0.29) is 5.43 Å². The minimum absolute atomic E-state index is 0.0273. The molecule has 0 radical (unpaired) electrons. The summed E-state index contributed by atoms with van der Waals surface area (Å²) in [6.07, 6.45) is 0.874. The van der Waals surface area contributed by atoms with Gasteiger partial charge in [0, 0.05) is 20.1 Å². The first kappa shape index (κ1) is 12.1. The largest absolute Gasteiger partial charge is 0.382 e. The van der Waals surface area contributed by atoms with Crippen LogP contribution in [0.1, 0.15) is 13.3 Å². The molecule has 1 rings (SSSR count). The van der Waals surface area contributed by atoms with E-state index in [1.807, 2.05) is 18.9 Å². The molecule has 3 N–H and O–H groups in total. The molecule has 1 aromatic rings. The Balaban J connectivity index is 2.80. The molecule has 0 saturated carbocycles. The second kappa shape index (κ2) is 5.23. The van der Waals surface area contributed by atoms with E-state index in [0.29, 0.717) is 16.7 Å². The number of hydrogen-bond donors (Lipinski definition) is 2. The molecule has 84 valence electrons. The Kier molecular flexibility index (Phi) is 4.23. The molecule has 0 amide bonds. The fourth-order valence-electron chi connectivity index (χ4n) is 1.52. The highest BCUT2D eigenvalue weighted by Gasteiger charge is 2.19. The van der Waals surface area contributed by atoms with Crippen LogP contribution in [-0.4, -0.2) is 26.7 Å². The smallest absolute Gasteiger partial charge is 0.224 e. The molecule has 1 aromatic carbocycles. The number of nitrogens with zero attached hydrogens (tertiary/aromatic N) is 1. The maximum atomic E-state index is 11.5. The number of anilines is 2. The molecule has 0 atom stereocenters. The van der Waals surface area contributed by atoms with E-state index in [4.69, 9.17) is 18.0 Å². The summed E-state index contributed by atoms with van der Waals surface area (Å²) in [5, 5.41) is 3.11. The second-order valence-corrected chi connectivity index (χ2v) is 3.88. The van der Waals surface area contributed by atoms with Crippen LogP contribution in [0.4, 0.5) is 11.4 Å². The van der Waals surface area contributed by atoms with Gasteiger partial charge in [-0.2, -0.15) is 0 Å². The van der Waals surface area contributed by atoms with E-state index < -0.39 is 0 Å². The lowest BCUT2D eigenvalue weighted by Crippen LogP contribution is -2.31. The van der Waals surface area contributed by atoms with Crippen molar-refractivity contribution >= 4 is 23.6 Å². The molecule has 4 nitrogen and oxygen atoms in total. The van der Waals surface area contributed by atoms with Gasteiger partial charge in [-0.15, -0.1) is 0 Å². The lowest BCUT2D eigenvalue weighted by Gasteiger charge is -2.24. The molecular formula is C10H17N3OS. The van der Waals surface area contributed by atoms with Crippen molar-refractivity contribution in [2.75, 3.05) is 36.9 Å². The van der Waals surface area contributed by atoms with Crippen molar-refractivity contribution in [1.82, 2.24) is 0 Å². The zero-order valence-corrected chi connectivity index (χ0v) is 9.99. The van der Waals surface area contributed by atoms with Gasteiger partial charge in [-0.05, 0) is 19.9 Å². The first-order valence-electron chi connectivity index (χ1n) is 5.11. The molecule has 15 heavy (non-hydrogen) atoms. The maximum absolute atomic E-state index is 11.5. The van der Waals surface area contributed by atoms with Crippen molar-refractivity contribution < 1.29 is 0 Å². The highest BCUT2D eigenvalue weighted by Crippen LogP contribution is 2.25. The molecule has 0 saturated heterocycles. The summed E-state index contributed by atoms with van der Waals surface area (Å²) in [6, 6.07) is 0. The summed E-state index contributed by atoms with van der Waals surface area (Å²) >= 11 is 4.98. The van der Waals surface area contributed by atoms with Gasteiger partial charge in [-0.1, -0.05) is 12.2 Å². The summed E-state index contributed by atoms with van der Waals surface area (Å²) in [6.45, 7) is 4.18. The van der Waals surface area contributed by atoms with Crippen LogP contribution in [0, 0.1) is 4.51 Å². The SMILES string of the molecule is CCNc1c(N(C)CCCN)c(=O)c1=S. The normalized spacial score (nSPS) is 10.6. The summed E-state index contributed by atoms with van der Waals surface area (Å²) in [5.74, 6) is 0. The second-order valence-electron chi connectivity index (χ2n) is 3.48. The van der Waals surface area contributed by atoms with Gasteiger partial charge in [-0.3, -0.25) is 4.79 Å². The minimum atomic E-state index is -0.0273. The summed E-state index contributed by atoms with van der Waals surface area (Å²) in [7, 11) is 1.89. The summed E-state index contributed by atoms with van der Waals surface area (Å²) in [4.78, 5) is 13.5. The molecule has 0 aliphatic carbocycles. The van der Waals surface area contributed by atoms with E-state index in [2.05, 4.69) is 5.32 Å². The first-order chi connectivity index (χ1) is 7.13. The predicted molar refractivity (Wildman–Crippen MR) is 67.0 cm³/mol. The molecular weight excluding hydrogens is 210 g/mol. The predicted octanol–water partition coefficient (Wildman–Crippen LogP) is 0.869. The van der Waals surface area contributed by atoms with Crippen LogP contribution in [0.5, 0.6) is 0 Å². The molecule has 0 spiro atoms. The molecule has 0 aromatic heterocycles. The summed E-state index contributed by atoms with van der Waals surface area (Å²) < 4.78 is 0.423. The van der Waals surface area contributed by atoms with Crippen molar-refractivity contribution in [3.8, 4) is 0 Å². The Hall–Kier alpha value is -0.940. The highest BCUT2D eigenvalue weighted by atomic mass is 32.1. The average Bonchev–Trinajstić information content (AvgIpc) is 2.25. The highest BCUT2D eigenvalue weighted by molar-refractivity contribution is 7.71. The summed E-state index contributed by atoms with van der Waals surface area (Å²) in [5.41, 5.74) is 6.92. The van der Waals surface area contributed by atoms with E-state index in [9.17, 15) is 4.79 Å². The van der Waals surface area contributed by atoms with Crippen molar-refractivity contribution in [2.45, 2.75) is 13.3 Å². The fraction of sp³-hybridized carbons (Fsp3) is 0.600. The minimum Gasteiger partial charge on any atom is -0.382 e. The first-order valence-corrected chi connectivity index (χ1v) is 5.52. The van der Waals surface area contributed by atoms with E-state index >= 15 is 0 Å². The lowest BCUT2D eigenvalue weighted by molar-refractivity contribution is 0.792. The quantitative estimate of drug-likeness (QED) is 0.706. The average molecular weight is 227 g/mol. The van der Waals surface area contributed by atoms with Gasteiger partial charge in [-0.25, -0.2) is 0 Å². The van der Waals surface area contributed by atoms with Crippen molar-refractivity contribution in [3.05, 3.63) is 14.7 Å². The number of nitrogens with two attached hydrogens (primary N) is 1. The molecule has 0 heterocycles. The third-order valence-electron chi connectivity index (χ3n) is 2.32. The van der Waals surface area contributed by atoms with Crippen molar-refractivity contribution in [3.63, 3.8) is 0 Å². The Morgan fingerprint density at radius 1 is 1.53 bits per heavy atom. The number of rotatable bonds is 6. The van der Waals surface area contributed by atoms with Gasteiger partial charge in [0.2, 0.25) is 5.43 Å². The van der Waals surface area contributed by atoms with Gasteiger partial charge >= 0.3 is 0 Å². The van der Waals surface area contributed by atoms with Crippen molar-refractivity contribution in [1.29, 1.82) is 0 Å². The molecule has 0 fully saturated rings. The van der Waals surface area contributed by atoms with E-state index in [1.54, 1.807) is 0 Å². The topological polar surface area (TPSA) is 58.4 Å². The van der Waals surface area contributed by atoms with E-state index in [0.717, 1.165) is 25.2 Å². The third kappa shape index (κ3) is 2.35.